The molecular formula is C19H24N2O5. The van der Waals surface area contributed by atoms with Crippen LogP contribution >= 0.6 is 0 Å². The van der Waals surface area contributed by atoms with Crippen LogP contribution < -0.4 is 15.8 Å². The number of aliphatic hydroxyl groups is 2. The highest BCUT2D eigenvalue weighted by molar-refractivity contribution is 5.97. The van der Waals surface area contributed by atoms with Crippen molar-refractivity contribution in [2.24, 2.45) is 0 Å². The number of anilines is 1. The van der Waals surface area contributed by atoms with Crippen molar-refractivity contribution in [2.75, 3.05) is 32.7 Å². The zero-order valence-electron chi connectivity index (χ0n) is 14.6. The second kappa shape index (κ2) is 9.76. The van der Waals surface area contributed by atoms with Crippen LogP contribution in [0.2, 0.25) is 0 Å². The van der Waals surface area contributed by atoms with Gasteiger partial charge in [-0.2, -0.15) is 0 Å². The van der Waals surface area contributed by atoms with Gasteiger partial charge in [-0.25, -0.2) is 0 Å². The molecule has 0 aliphatic heterocycles. The van der Waals surface area contributed by atoms with Crippen molar-refractivity contribution in [1.29, 1.82) is 0 Å². The summed E-state index contributed by atoms with van der Waals surface area (Å²) in [5, 5.41) is 22.7. The number of ether oxygens (including phenoxy) is 2. The number of nitrogens with two attached hydrogens (primary N) is 1. The fourth-order valence-corrected chi connectivity index (χ4v) is 2.41. The number of carbonyl (C=O) groups excluding carboxylic acids is 1. The number of amides is 1. The van der Waals surface area contributed by atoms with E-state index in [1.165, 1.54) is 0 Å². The third kappa shape index (κ3) is 5.19. The fourth-order valence-electron chi connectivity index (χ4n) is 2.41. The van der Waals surface area contributed by atoms with Crippen LogP contribution in [-0.4, -0.2) is 49.1 Å². The Morgan fingerprint density at radius 2 is 1.85 bits per heavy atom. The molecule has 2 aromatic rings. The number of para-hydroxylation sites is 1. The highest BCUT2D eigenvalue weighted by atomic mass is 16.5. The minimum atomic E-state index is -1.08. The maximum Gasteiger partial charge on any atom is 0.255 e. The molecule has 0 saturated heterocycles. The summed E-state index contributed by atoms with van der Waals surface area (Å²) in [7, 11) is 1.56. The van der Waals surface area contributed by atoms with Crippen LogP contribution in [0.3, 0.4) is 0 Å². The number of hydrogen-bond acceptors (Lipinski definition) is 6. The number of nitrogen functional groups attached to an aromatic ring is 1. The highest BCUT2D eigenvalue weighted by Gasteiger charge is 2.24. The molecule has 2 aromatic carbocycles. The van der Waals surface area contributed by atoms with E-state index >= 15 is 0 Å². The smallest absolute Gasteiger partial charge is 0.255 e. The molecule has 2 rings (SSSR count). The zero-order chi connectivity index (χ0) is 18.9. The Morgan fingerprint density at radius 1 is 1.15 bits per heavy atom. The van der Waals surface area contributed by atoms with Crippen molar-refractivity contribution in [3.8, 4) is 5.75 Å². The van der Waals surface area contributed by atoms with Gasteiger partial charge in [-0.3, -0.25) is 4.79 Å². The lowest BCUT2D eigenvalue weighted by molar-refractivity contribution is 0.0699. The first kappa shape index (κ1) is 19.7. The van der Waals surface area contributed by atoms with Crippen molar-refractivity contribution in [1.82, 2.24) is 5.32 Å². The largest absolute Gasteiger partial charge is 0.490 e. The van der Waals surface area contributed by atoms with E-state index in [-0.39, 0.29) is 0 Å². The van der Waals surface area contributed by atoms with Gasteiger partial charge in [0.25, 0.3) is 5.91 Å². The van der Waals surface area contributed by atoms with Gasteiger partial charge in [0.2, 0.25) is 0 Å². The van der Waals surface area contributed by atoms with Crippen LogP contribution in [0.4, 0.5) is 5.69 Å². The lowest BCUT2D eigenvalue weighted by Gasteiger charge is -2.23. The molecule has 26 heavy (non-hydrogen) atoms. The Labute approximate surface area is 152 Å². The van der Waals surface area contributed by atoms with E-state index in [9.17, 15) is 15.0 Å². The van der Waals surface area contributed by atoms with E-state index in [4.69, 9.17) is 15.2 Å². The summed E-state index contributed by atoms with van der Waals surface area (Å²) in [6.07, 6.45) is -1.08. The van der Waals surface area contributed by atoms with Gasteiger partial charge in [-0.1, -0.05) is 24.3 Å². The Kier molecular flexibility index (Phi) is 7.40. The maximum absolute atomic E-state index is 12.6. The van der Waals surface area contributed by atoms with Gasteiger partial charge in [-0.05, 0) is 29.8 Å². The van der Waals surface area contributed by atoms with E-state index in [2.05, 4.69) is 5.32 Å². The third-order valence-electron chi connectivity index (χ3n) is 3.85. The quantitative estimate of drug-likeness (QED) is 0.394. The minimum absolute atomic E-state index is 0.304. The molecule has 0 bridgehead atoms. The van der Waals surface area contributed by atoms with Gasteiger partial charge in [0.1, 0.15) is 18.5 Å². The number of benzene rings is 2. The summed E-state index contributed by atoms with van der Waals surface area (Å²) >= 11 is 0. The number of rotatable bonds is 9. The van der Waals surface area contributed by atoms with Gasteiger partial charge in [0, 0.05) is 12.8 Å². The molecule has 5 N–H and O–H groups in total. The normalized spacial score (nSPS) is 13.0. The summed E-state index contributed by atoms with van der Waals surface area (Å²) in [4.78, 5) is 12.6. The molecule has 0 fully saturated rings. The predicted molar refractivity (Wildman–Crippen MR) is 98.0 cm³/mol. The monoisotopic (exact) mass is 360 g/mol. The Balaban J connectivity index is 2.10. The number of aliphatic hydroxyl groups excluding tert-OH is 2. The van der Waals surface area contributed by atoms with E-state index in [0.717, 1.165) is 0 Å². The predicted octanol–water partition coefficient (Wildman–Crippen LogP) is 1.12. The van der Waals surface area contributed by atoms with Crippen LogP contribution in [0.25, 0.3) is 0 Å². The molecule has 1 amide bonds. The van der Waals surface area contributed by atoms with Crippen molar-refractivity contribution in [3.05, 3.63) is 59.7 Å². The van der Waals surface area contributed by atoms with E-state index in [1.807, 2.05) is 0 Å². The van der Waals surface area contributed by atoms with Crippen molar-refractivity contribution < 1.29 is 24.5 Å². The molecule has 0 aromatic heterocycles. The molecule has 0 aliphatic rings. The molecular weight excluding hydrogens is 336 g/mol. The Hall–Kier alpha value is -2.61. The lowest BCUT2D eigenvalue weighted by Crippen LogP contribution is -2.42. The average Bonchev–Trinajstić information content (AvgIpc) is 2.66. The molecule has 2 atom stereocenters. The summed E-state index contributed by atoms with van der Waals surface area (Å²) < 4.78 is 10.5. The molecule has 7 nitrogen and oxygen atoms in total. The molecule has 0 saturated carbocycles. The van der Waals surface area contributed by atoms with Crippen LogP contribution in [0.5, 0.6) is 5.75 Å². The van der Waals surface area contributed by atoms with Crippen LogP contribution in [0.1, 0.15) is 22.0 Å². The Morgan fingerprint density at radius 3 is 2.50 bits per heavy atom. The van der Waals surface area contributed by atoms with Gasteiger partial charge in [-0.15, -0.1) is 0 Å². The first-order valence-corrected chi connectivity index (χ1v) is 8.22. The molecule has 0 spiro atoms. The molecule has 140 valence electrons. The first-order valence-electron chi connectivity index (χ1n) is 8.22. The van der Waals surface area contributed by atoms with E-state index in [1.54, 1.807) is 55.6 Å². The number of carbonyl (C=O) groups is 1. The topological polar surface area (TPSA) is 114 Å². The zero-order valence-corrected chi connectivity index (χ0v) is 14.6. The van der Waals surface area contributed by atoms with Gasteiger partial charge in [0.15, 0.2) is 0 Å². The summed E-state index contributed by atoms with van der Waals surface area (Å²) in [5.74, 6) is -0.0488. The molecule has 0 aliphatic carbocycles. The molecule has 0 heterocycles. The molecule has 2 unspecified atom stereocenters. The Bertz CT molecular complexity index is 705. The lowest BCUT2D eigenvalue weighted by atomic mass is 10.0. The van der Waals surface area contributed by atoms with E-state index in [0.29, 0.717) is 35.8 Å². The van der Waals surface area contributed by atoms with Crippen molar-refractivity contribution >= 4 is 11.6 Å². The van der Waals surface area contributed by atoms with Crippen LogP contribution in [0.15, 0.2) is 48.5 Å². The second-order valence-electron chi connectivity index (χ2n) is 5.71. The van der Waals surface area contributed by atoms with Crippen molar-refractivity contribution in [3.63, 3.8) is 0 Å². The average molecular weight is 360 g/mol. The summed E-state index contributed by atoms with van der Waals surface area (Å²) in [6, 6.07) is 12.5. The first-order chi connectivity index (χ1) is 12.6. The molecule has 0 radical (unpaired) electrons. The standard InChI is InChI=1S/C19H24N2O5/c1-25-10-11-26-17-5-3-2-4-15(17)19(24)21-16(12-22)18(23)13-6-8-14(20)9-7-13/h2-9,16,18,22-23H,10-12,20H2,1H3,(H,21,24). The minimum Gasteiger partial charge on any atom is -0.490 e. The van der Waals surface area contributed by atoms with Crippen LogP contribution in [-0.2, 0) is 4.74 Å². The van der Waals surface area contributed by atoms with E-state index < -0.39 is 24.7 Å². The summed E-state index contributed by atoms with van der Waals surface area (Å²) in [6.45, 7) is 0.271. The van der Waals surface area contributed by atoms with Gasteiger partial charge < -0.3 is 30.7 Å². The number of hydrogen-bond donors (Lipinski definition) is 4. The molecule has 7 heteroatoms. The maximum atomic E-state index is 12.6. The van der Waals surface area contributed by atoms with Gasteiger partial charge >= 0.3 is 0 Å². The van der Waals surface area contributed by atoms with Crippen molar-refractivity contribution in [2.45, 2.75) is 12.1 Å². The number of methoxy groups -OCH3 is 1. The van der Waals surface area contributed by atoms with Crippen LogP contribution in [0, 0.1) is 0 Å². The third-order valence-corrected chi connectivity index (χ3v) is 3.85. The fraction of sp³-hybridized carbons (Fsp3) is 0.316. The number of nitrogens with one attached hydrogen (secondary N) is 1. The SMILES string of the molecule is COCCOc1ccccc1C(=O)NC(CO)C(O)c1ccc(N)cc1. The highest BCUT2D eigenvalue weighted by Crippen LogP contribution is 2.21. The second-order valence-corrected chi connectivity index (χ2v) is 5.71. The van der Waals surface area contributed by atoms with Gasteiger partial charge in [0.05, 0.1) is 24.8 Å². The summed E-state index contributed by atoms with van der Waals surface area (Å²) in [5.41, 5.74) is 7.05.